The average molecular weight is 171 g/mol. The number of halogens is 1. The van der Waals surface area contributed by atoms with Crippen LogP contribution in [0.2, 0.25) is 0 Å². The second kappa shape index (κ2) is 4.19. The van der Waals surface area contributed by atoms with Crippen LogP contribution in [0.4, 0.5) is 5.82 Å². The summed E-state index contributed by atoms with van der Waals surface area (Å²) in [4.78, 5) is 4.29. The fourth-order valence-electron chi connectivity index (χ4n) is 0.855. The van der Waals surface area contributed by atoms with Gasteiger partial charge in [-0.05, 0) is 12.1 Å². The van der Waals surface area contributed by atoms with Gasteiger partial charge in [-0.3, -0.25) is 0 Å². The maximum atomic E-state index is 5.57. The molecule has 0 saturated heterocycles. The van der Waals surface area contributed by atoms with Crippen molar-refractivity contribution in [2.75, 3.05) is 18.2 Å². The lowest BCUT2D eigenvalue weighted by molar-refractivity contribution is 1.04. The third kappa shape index (κ3) is 2.39. The Kier molecular flexibility index (Phi) is 3.17. The van der Waals surface area contributed by atoms with Crippen molar-refractivity contribution >= 4 is 17.4 Å². The van der Waals surface area contributed by atoms with E-state index in [-0.39, 0.29) is 0 Å². The minimum Gasteiger partial charge on any atom is -0.373 e. The van der Waals surface area contributed by atoms with Crippen LogP contribution in [-0.2, 0) is 6.42 Å². The molecule has 0 unspecified atom stereocenters. The smallest absolute Gasteiger partial charge is 0.125 e. The molecule has 0 aliphatic carbocycles. The van der Waals surface area contributed by atoms with Crippen LogP contribution in [0.3, 0.4) is 0 Å². The van der Waals surface area contributed by atoms with E-state index >= 15 is 0 Å². The molecule has 0 bridgehead atoms. The SMILES string of the molecule is CNc1cccc(CCCl)n1. The summed E-state index contributed by atoms with van der Waals surface area (Å²) in [6.45, 7) is 0. The van der Waals surface area contributed by atoms with Crippen LogP contribution in [0.1, 0.15) is 5.69 Å². The molecule has 0 aromatic carbocycles. The Bertz CT molecular complexity index is 225. The number of aryl methyl sites for hydroxylation is 1. The molecule has 0 radical (unpaired) electrons. The fourth-order valence-corrected chi connectivity index (χ4v) is 1.05. The van der Waals surface area contributed by atoms with E-state index in [1.807, 2.05) is 25.2 Å². The Labute approximate surface area is 71.6 Å². The largest absolute Gasteiger partial charge is 0.373 e. The van der Waals surface area contributed by atoms with Crippen LogP contribution in [0.15, 0.2) is 18.2 Å². The van der Waals surface area contributed by atoms with E-state index in [0.29, 0.717) is 5.88 Å². The summed E-state index contributed by atoms with van der Waals surface area (Å²) in [6.07, 6.45) is 0.830. The Morgan fingerprint density at radius 3 is 3.00 bits per heavy atom. The molecule has 0 amide bonds. The molecule has 1 N–H and O–H groups in total. The van der Waals surface area contributed by atoms with E-state index in [9.17, 15) is 0 Å². The fraction of sp³-hybridized carbons (Fsp3) is 0.375. The second-order valence-corrected chi connectivity index (χ2v) is 2.58. The summed E-state index contributed by atoms with van der Waals surface area (Å²) in [5.74, 6) is 1.52. The molecule has 1 heterocycles. The van der Waals surface area contributed by atoms with Crippen molar-refractivity contribution in [1.82, 2.24) is 4.98 Å². The summed E-state index contributed by atoms with van der Waals surface area (Å²) < 4.78 is 0. The van der Waals surface area contributed by atoms with Gasteiger partial charge in [-0.1, -0.05) is 6.07 Å². The Balaban J connectivity index is 2.74. The summed E-state index contributed by atoms with van der Waals surface area (Å²) >= 11 is 5.57. The standard InChI is InChI=1S/C8H11ClN2/c1-10-8-4-2-3-7(11-8)5-6-9/h2-4H,5-6H2,1H3,(H,10,11). The monoisotopic (exact) mass is 170 g/mol. The maximum Gasteiger partial charge on any atom is 0.125 e. The molecule has 0 aliphatic heterocycles. The van der Waals surface area contributed by atoms with Crippen molar-refractivity contribution in [1.29, 1.82) is 0 Å². The first-order chi connectivity index (χ1) is 5.36. The van der Waals surface area contributed by atoms with Crippen molar-refractivity contribution in [3.8, 4) is 0 Å². The number of rotatable bonds is 3. The molecule has 1 rings (SSSR count). The Morgan fingerprint density at radius 2 is 2.36 bits per heavy atom. The number of hydrogen-bond donors (Lipinski definition) is 1. The van der Waals surface area contributed by atoms with E-state index in [2.05, 4.69) is 10.3 Å². The molecule has 2 nitrogen and oxygen atoms in total. The van der Waals surface area contributed by atoms with Crippen LogP contribution < -0.4 is 5.32 Å². The van der Waals surface area contributed by atoms with Crippen molar-refractivity contribution < 1.29 is 0 Å². The first-order valence-electron chi connectivity index (χ1n) is 3.56. The van der Waals surface area contributed by atoms with Gasteiger partial charge in [0.15, 0.2) is 0 Å². The van der Waals surface area contributed by atoms with Crippen molar-refractivity contribution in [3.63, 3.8) is 0 Å². The van der Waals surface area contributed by atoms with E-state index in [0.717, 1.165) is 17.9 Å². The normalized spacial score (nSPS) is 9.64. The van der Waals surface area contributed by atoms with Gasteiger partial charge < -0.3 is 5.32 Å². The average Bonchev–Trinajstić information content (AvgIpc) is 2.06. The third-order valence-corrected chi connectivity index (χ3v) is 1.60. The van der Waals surface area contributed by atoms with Crippen LogP contribution in [-0.4, -0.2) is 17.9 Å². The molecular weight excluding hydrogens is 160 g/mol. The summed E-state index contributed by atoms with van der Waals surface area (Å²) in [5, 5.41) is 2.97. The minimum atomic E-state index is 0.625. The second-order valence-electron chi connectivity index (χ2n) is 2.20. The minimum absolute atomic E-state index is 0.625. The molecule has 0 aliphatic rings. The lowest BCUT2D eigenvalue weighted by Crippen LogP contribution is -1.96. The zero-order chi connectivity index (χ0) is 8.10. The first-order valence-corrected chi connectivity index (χ1v) is 4.10. The van der Waals surface area contributed by atoms with Crippen molar-refractivity contribution in [2.45, 2.75) is 6.42 Å². The zero-order valence-electron chi connectivity index (χ0n) is 6.47. The zero-order valence-corrected chi connectivity index (χ0v) is 7.23. The van der Waals surface area contributed by atoms with Crippen LogP contribution in [0.5, 0.6) is 0 Å². The Hall–Kier alpha value is -0.760. The van der Waals surface area contributed by atoms with Gasteiger partial charge in [0, 0.05) is 25.0 Å². The van der Waals surface area contributed by atoms with E-state index in [1.54, 1.807) is 0 Å². The highest BCUT2D eigenvalue weighted by atomic mass is 35.5. The van der Waals surface area contributed by atoms with Gasteiger partial charge in [-0.15, -0.1) is 11.6 Å². The number of nitrogens with one attached hydrogen (secondary N) is 1. The molecule has 1 aromatic rings. The predicted molar refractivity (Wildman–Crippen MR) is 48.2 cm³/mol. The lowest BCUT2D eigenvalue weighted by atomic mass is 10.3. The number of hydrogen-bond acceptors (Lipinski definition) is 2. The molecule has 11 heavy (non-hydrogen) atoms. The number of nitrogens with zero attached hydrogens (tertiary/aromatic N) is 1. The molecule has 0 saturated carbocycles. The van der Waals surface area contributed by atoms with E-state index in [4.69, 9.17) is 11.6 Å². The molecule has 0 fully saturated rings. The van der Waals surface area contributed by atoms with Gasteiger partial charge in [0.05, 0.1) is 0 Å². The van der Waals surface area contributed by atoms with Gasteiger partial charge in [0.1, 0.15) is 5.82 Å². The predicted octanol–water partition coefficient (Wildman–Crippen LogP) is 1.90. The van der Waals surface area contributed by atoms with Gasteiger partial charge >= 0.3 is 0 Å². The highest BCUT2D eigenvalue weighted by Gasteiger charge is 1.93. The molecule has 60 valence electrons. The van der Waals surface area contributed by atoms with Crippen molar-refractivity contribution in [3.05, 3.63) is 23.9 Å². The van der Waals surface area contributed by atoms with Crippen LogP contribution in [0.25, 0.3) is 0 Å². The van der Waals surface area contributed by atoms with Gasteiger partial charge in [0.25, 0.3) is 0 Å². The molecule has 1 aromatic heterocycles. The maximum absolute atomic E-state index is 5.57. The highest BCUT2D eigenvalue weighted by Crippen LogP contribution is 2.04. The lowest BCUT2D eigenvalue weighted by Gasteiger charge is -2.00. The molecular formula is C8H11ClN2. The topological polar surface area (TPSA) is 24.9 Å². The Morgan fingerprint density at radius 1 is 1.55 bits per heavy atom. The van der Waals surface area contributed by atoms with Crippen LogP contribution >= 0.6 is 11.6 Å². The van der Waals surface area contributed by atoms with Crippen molar-refractivity contribution in [2.24, 2.45) is 0 Å². The van der Waals surface area contributed by atoms with E-state index in [1.165, 1.54) is 0 Å². The summed E-state index contributed by atoms with van der Waals surface area (Å²) in [7, 11) is 1.85. The van der Waals surface area contributed by atoms with Gasteiger partial charge in [0.2, 0.25) is 0 Å². The van der Waals surface area contributed by atoms with Gasteiger partial charge in [-0.25, -0.2) is 4.98 Å². The number of pyridine rings is 1. The quantitative estimate of drug-likeness (QED) is 0.701. The number of aromatic nitrogens is 1. The van der Waals surface area contributed by atoms with E-state index < -0.39 is 0 Å². The van der Waals surface area contributed by atoms with Gasteiger partial charge in [-0.2, -0.15) is 0 Å². The summed E-state index contributed by atoms with van der Waals surface area (Å²) in [5.41, 5.74) is 1.03. The number of alkyl halides is 1. The summed E-state index contributed by atoms with van der Waals surface area (Å²) in [6, 6.07) is 5.88. The highest BCUT2D eigenvalue weighted by molar-refractivity contribution is 6.17. The molecule has 0 atom stereocenters. The molecule has 3 heteroatoms. The number of anilines is 1. The first kappa shape index (κ1) is 8.34. The van der Waals surface area contributed by atoms with Crippen LogP contribution in [0, 0.1) is 0 Å². The third-order valence-electron chi connectivity index (χ3n) is 1.41. The molecule has 0 spiro atoms.